The molecule has 2 fully saturated rings. The van der Waals surface area contributed by atoms with E-state index in [0.717, 1.165) is 25.9 Å². The number of halogens is 2. The lowest BCUT2D eigenvalue weighted by atomic mass is 9.89. The van der Waals surface area contributed by atoms with Crippen LogP contribution >= 0.6 is 0 Å². The predicted octanol–water partition coefficient (Wildman–Crippen LogP) is 3.80. The standard InChI is InChI=1S/C17H30F2N2O2/c1-16(2,3)23-15(22)21(12-13-6-10-20-11-7-13)14-4-8-17(18,19)9-5-14/h13-14,20H,4-12H2,1-3H3. The van der Waals surface area contributed by atoms with Gasteiger partial charge in [0, 0.05) is 25.4 Å². The molecule has 0 bridgehead atoms. The van der Waals surface area contributed by atoms with Crippen LogP contribution in [-0.2, 0) is 4.74 Å². The summed E-state index contributed by atoms with van der Waals surface area (Å²) >= 11 is 0. The molecule has 2 aliphatic rings. The van der Waals surface area contributed by atoms with Crippen molar-refractivity contribution in [3.63, 3.8) is 0 Å². The highest BCUT2D eigenvalue weighted by Crippen LogP contribution is 2.36. The van der Waals surface area contributed by atoms with E-state index in [1.54, 1.807) is 4.90 Å². The highest BCUT2D eigenvalue weighted by Gasteiger charge is 2.39. The minimum absolute atomic E-state index is 0.126. The van der Waals surface area contributed by atoms with Gasteiger partial charge in [-0.05, 0) is 65.5 Å². The Bertz CT molecular complexity index is 394. The van der Waals surface area contributed by atoms with Crippen molar-refractivity contribution < 1.29 is 18.3 Å². The molecule has 23 heavy (non-hydrogen) atoms. The van der Waals surface area contributed by atoms with Crippen molar-refractivity contribution in [3.05, 3.63) is 0 Å². The summed E-state index contributed by atoms with van der Waals surface area (Å²) in [5, 5.41) is 3.31. The van der Waals surface area contributed by atoms with Crippen LogP contribution in [0, 0.1) is 5.92 Å². The van der Waals surface area contributed by atoms with Crippen LogP contribution in [0.4, 0.5) is 13.6 Å². The molecule has 4 nitrogen and oxygen atoms in total. The van der Waals surface area contributed by atoms with E-state index in [0.29, 0.717) is 25.3 Å². The van der Waals surface area contributed by atoms with Crippen LogP contribution < -0.4 is 5.32 Å². The van der Waals surface area contributed by atoms with E-state index in [1.165, 1.54) is 0 Å². The van der Waals surface area contributed by atoms with Crippen LogP contribution in [0.1, 0.15) is 59.3 Å². The fourth-order valence-electron chi connectivity index (χ4n) is 3.37. The van der Waals surface area contributed by atoms with E-state index in [-0.39, 0.29) is 25.0 Å². The van der Waals surface area contributed by atoms with Gasteiger partial charge in [0.25, 0.3) is 0 Å². The number of ether oxygens (including phenoxy) is 1. The average Bonchev–Trinajstić information content (AvgIpc) is 2.44. The Hall–Kier alpha value is -0.910. The second kappa shape index (κ2) is 7.32. The first-order chi connectivity index (χ1) is 10.7. The summed E-state index contributed by atoms with van der Waals surface area (Å²) in [6.07, 6.45) is 2.12. The van der Waals surface area contributed by atoms with Crippen LogP contribution in [-0.4, -0.2) is 48.2 Å². The molecule has 0 spiro atoms. The molecule has 0 unspecified atom stereocenters. The molecule has 0 radical (unpaired) electrons. The number of hydrogen-bond acceptors (Lipinski definition) is 3. The summed E-state index contributed by atoms with van der Waals surface area (Å²) in [6.45, 7) is 8.03. The van der Waals surface area contributed by atoms with Crippen LogP contribution in [0.15, 0.2) is 0 Å². The summed E-state index contributed by atoms with van der Waals surface area (Å²) < 4.78 is 32.4. The number of carbonyl (C=O) groups excluding carboxylic acids is 1. The molecule has 1 saturated heterocycles. The lowest BCUT2D eigenvalue weighted by Gasteiger charge is -2.39. The molecule has 0 aromatic carbocycles. The molecule has 1 amide bonds. The van der Waals surface area contributed by atoms with Crippen LogP contribution in [0.25, 0.3) is 0 Å². The quantitative estimate of drug-likeness (QED) is 0.855. The summed E-state index contributed by atoms with van der Waals surface area (Å²) in [5.74, 6) is -2.16. The fourth-order valence-corrected chi connectivity index (χ4v) is 3.37. The SMILES string of the molecule is CC(C)(C)OC(=O)N(CC1CCNCC1)C1CCC(F)(F)CC1. The lowest BCUT2D eigenvalue weighted by Crippen LogP contribution is -2.49. The molecule has 1 heterocycles. The van der Waals surface area contributed by atoms with Crippen molar-refractivity contribution in [1.29, 1.82) is 0 Å². The van der Waals surface area contributed by atoms with E-state index in [9.17, 15) is 13.6 Å². The number of hydrogen-bond donors (Lipinski definition) is 1. The average molecular weight is 332 g/mol. The van der Waals surface area contributed by atoms with Gasteiger partial charge in [-0.2, -0.15) is 0 Å². The van der Waals surface area contributed by atoms with Gasteiger partial charge in [-0.15, -0.1) is 0 Å². The number of carbonyl (C=O) groups is 1. The van der Waals surface area contributed by atoms with E-state index >= 15 is 0 Å². The molecule has 1 aliphatic carbocycles. The van der Waals surface area contributed by atoms with E-state index in [1.807, 2.05) is 20.8 Å². The first kappa shape index (κ1) is 18.4. The Balaban J connectivity index is 2.02. The van der Waals surface area contributed by atoms with E-state index in [4.69, 9.17) is 4.74 Å². The third-order valence-corrected chi connectivity index (χ3v) is 4.67. The molecule has 134 valence electrons. The number of amides is 1. The van der Waals surface area contributed by atoms with Gasteiger partial charge >= 0.3 is 6.09 Å². The maximum Gasteiger partial charge on any atom is 0.410 e. The zero-order valence-corrected chi connectivity index (χ0v) is 14.5. The molecular weight excluding hydrogens is 302 g/mol. The number of nitrogens with zero attached hydrogens (tertiary/aromatic N) is 1. The molecular formula is C17H30F2N2O2. The Kier molecular flexibility index (Phi) is 5.87. The monoisotopic (exact) mass is 332 g/mol. The first-order valence-corrected chi connectivity index (χ1v) is 8.74. The van der Waals surface area contributed by atoms with Crippen LogP contribution in [0.3, 0.4) is 0 Å². The second-order valence-electron chi connectivity index (χ2n) is 7.91. The number of alkyl halides is 2. The third-order valence-electron chi connectivity index (χ3n) is 4.67. The number of piperidine rings is 1. The van der Waals surface area contributed by atoms with Gasteiger partial charge in [-0.1, -0.05) is 0 Å². The molecule has 1 aliphatic heterocycles. The van der Waals surface area contributed by atoms with E-state index in [2.05, 4.69) is 5.32 Å². The van der Waals surface area contributed by atoms with Crippen molar-refractivity contribution in [1.82, 2.24) is 10.2 Å². The molecule has 2 rings (SSSR count). The minimum Gasteiger partial charge on any atom is -0.444 e. The molecule has 0 atom stereocenters. The zero-order chi connectivity index (χ0) is 17.1. The van der Waals surface area contributed by atoms with Gasteiger partial charge < -0.3 is 15.0 Å². The number of nitrogens with one attached hydrogen (secondary N) is 1. The molecule has 0 aromatic heterocycles. The minimum atomic E-state index is -2.58. The second-order valence-corrected chi connectivity index (χ2v) is 7.91. The maximum absolute atomic E-state index is 13.4. The van der Waals surface area contributed by atoms with Crippen LogP contribution in [0.2, 0.25) is 0 Å². The lowest BCUT2D eigenvalue weighted by molar-refractivity contribution is -0.0588. The Morgan fingerprint density at radius 3 is 2.26 bits per heavy atom. The van der Waals surface area contributed by atoms with Crippen molar-refractivity contribution in [2.24, 2.45) is 5.92 Å². The Labute approximate surface area is 137 Å². The topological polar surface area (TPSA) is 41.6 Å². The van der Waals surface area contributed by atoms with Gasteiger partial charge in [0.1, 0.15) is 5.60 Å². The third kappa shape index (κ3) is 5.90. The predicted molar refractivity (Wildman–Crippen MR) is 85.7 cm³/mol. The smallest absolute Gasteiger partial charge is 0.410 e. The summed E-state index contributed by atoms with van der Waals surface area (Å²) in [7, 11) is 0. The van der Waals surface area contributed by atoms with Crippen molar-refractivity contribution in [3.8, 4) is 0 Å². The maximum atomic E-state index is 13.4. The summed E-state index contributed by atoms with van der Waals surface area (Å²) in [5.41, 5.74) is -0.567. The molecule has 0 aromatic rings. The zero-order valence-electron chi connectivity index (χ0n) is 14.5. The first-order valence-electron chi connectivity index (χ1n) is 8.74. The van der Waals surface area contributed by atoms with Gasteiger partial charge in [0.2, 0.25) is 5.92 Å². The molecule has 6 heteroatoms. The van der Waals surface area contributed by atoms with E-state index < -0.39 is 11.5 Å². The van der Waals surface area contributed by atoms with Crippen molar-refractivity contribution >= 4 is 6.09 Å². The van der Waals surface area contributed by atoms with Crippen LogP contribution in [0.5, 0.6) is 0 Å². The highest BCUT2D eigenvalue weighted by atomic mass is 19.3. The van der Waals surface area contributed by atoms with Gasteiger partial charge in [-0.25, -0.2) is 13.6 Å². The fraction of sp³-hybridized carbons (Fsp3) is 0.941. The molecule has 1 N–H and O–H groups in total. The summed E-state index contributed by atoms with van der Waals surface area (Å²) in [4.78, 5) is 14.3. The normalized spacial score (nSPS) is 23.5. The highest BCUT2D eigenvalue weighted by molar-refractivity contribution is 5.68. The Morgan fingerprint density at radius 1 is 1.17 bits per heavy atom. The van der Waals surface area contributed by atoms with Gasteiger partial charge in [0.05, 0.1) is 0 Å². The largest absolute Gasteiger partial charge is 0.444 e. The van der Waals surface area contributed by atoms with Crippen molar-refractivity contribution in [2.75, 3.05) is 19.6 Å². The van der Waals surface area contributed by atoms with Crippen molar-refractivity contribution in [2.45, 2.75) is 76.9 Å². The van der Waals surface area contributed by atoms with Gasteiger partial charge in [-0.3, -0.25) is 0 Å². The summed E-state index contributed by atoms with van der Waals surface area (Å²) in [6, 6.07) is -0.126. The Morgan fingerprint density at radius 2 is 1.74 bits per heavy atom. The van der Waals surface area contributed by atoms with Gasteiger partial charge in [0.15, 0.2) is 0 Å². The molecule has 1 saturated carbocycles. The number of rotatable bonds is 3.